The van der Waals surface area contributed by atoms with Crippen LogP contribution in [0, 0.1) is 5.41 Å². The summed E-state index contributed by atoms with van der Waals surface area (Å²) >= 11 is 0. The molecule has 2 fully saturated rings. The minimum atomic E-state index is 0.205. The zero-order valence-electron chi connectivity index (χ0n) is 13.4. The van der Waals surface area contributed by atoms with E-state index in [1.807, 2.05) is 23.1 Å². The van der Waals surface area contributed by atoms with Crippen LogP contribution in [0.5, 0.6) is 11.5 Å². The Balaban J connectivity index is 1.65. The van der Waals surface area contributed by atoms with Gasteiger partial charge in [-0.3, -0.25) is 4.79 Å². The number of carbonyl (C=O) groups is 1. The molecule has 2 heterocycles. The van der Waals surface area contributed by atoms with Gasteiger partial charge in [-0.15, -0.1) is 0 Å². The first-order valence-electron chi connectivity index (χ1n) is 7.85. The van der Waals surface area contributed by atoms with Crippen molar-refractivity contribution in [3.05, 3.63) is 23.8 Å². The molecule has 5 nitrogen and oxygen atoms in total. The molecule has 0 saturated carbocycles. The van der Waals surface area contributed by atoms with E-state index in [1.54, 1.807) is 14.2 Å². The Morgan fingerprint density at radius 2 is 2.09 bits per heavy atom. The van der Waals surface area contributed by atoms with Gasteiger partial charge in [-0.1, -0.05) is 6.07 Å². The third kappa shape index (κ3) is 2.90. The highest BCUT2D eigenvalue weighted by molar-refractivity contribution is 5.79. The van der Waals surface area contributed by atoms with Gasteiger partial charge < -0.3 is 19.7 Å². The number of rotatable bonds is 4. The van der Waals surface area contributed by atoms with Gasteiger partial charge in [-0.05, 0) is 37.1 Å². The van der Waals surface area contributed by atoms with E-state index in [9.17, 15) is 4.79 Å². The standard InChI is InChI=1S/C17H24N2O3/c1-21-14-4-3-13(9-15(14)22-2)10-16(20)19-8-6-17(12-19)5-7-18-11-17/h3-4,9,18H,5-8,10-12H2,1-2H3. The Hall–Kier alpha value is -1.75. The number of likely N-dealkylation sites (tertiary alicyclic amines) is 1. The number of amides is 1. The van der Waals surface area contributed by atoms with Crippen molar-refractivity contribution in [2.75, 3.05) is 40.4 Å². The summed E-state index contributed by atoms with van der Waals surface area (Å²) in [7, 11) is 3.22. The molecule has 1 atom stereocenters. The monoisotopic (exact) mass is 304 g/mol. The third-order valence-electron chi connectivity index (χ3n) is 4.93. The molecule has 2 saturated heterocycles. The summed E-state index contributed by atoms with van der Waals surface area (Å²) in [6.45, 7) is 3.91. The van der Waals surface area contributed by atoms with Gasteiger partial charge in [-0.2, -0.15) is 0 Å². The van der Waals surface area contributed by atoms with Gasteiger partial charge in [0.2, 0.25) is 5.91 Å². The highest BCUT2D eigenvalue weighted by Crippen LogP contribution is 2.36. The lowest BCUT2D eigenvalue weighted by atomic mass is 9.86. The predicted octanol–water partition coefficient (Wildman–Crippen LogP) is 1.46. The Morgan fingerprint density at radius 3 is 2.77 bits per heavy atom. The molecule has 0 aliphatic carbocycles. The minimum Gasteiger partial charge on any atom is -0.493 e. The Kier molecular flexibility index (Phi) is 4.25. The predicted molar refractivity (Wildman–Crippen MR) is 84.4 cm³/mol. The number of ether oxygens (including phenoxy) is 2. The molecule has 0 bridgehead atoms. The molecular formula is C17H24N2O3. The number of methoxy groups -OCH3 is 2. The molecule has 1 unspecified atom stereocenters. The van der Waals surface area contributed by atoms with Crippen LogP contribution in [0.2, 0.25) is 0 Å². The molecule has 2 aliphatic rings. The maximum absolute atomic E-state index is 12.5. The normalized spacial score (nSPS) is 24.0. The first-order valence-corrected chi connectivity index (χ1v) is 7.85. The van der Waals surface area contributed by atoms with Gasteiger partial charge in [0.05, 0.1) is 20.6 Å². The van der Waals surface area contributed by atoms with Crippen LogP contribution in [-0.2, 0) is 11.2 Å². The molecule has 1 spiro atoms. The van der Waals surface area contributed by atoms with Crippen molar-refractivity contribution in [1.29, 1.82) is 0 Å². The maximum Gasteiger partial charge on any atom is 0.227 e. The van der Waals surface area contributed by atoms with Crippen molar-refractivity contribution in [2.24, 2.45) is 5.41 Å². The zero-order valence-corrected chi connectivity index (χ0v) is 13.4. The van der Waals surface area contributed by atoms with Crippen LogP contribution in [0.4, 0.5) is 0 Å². The molecule has 1 aromatic carbocycles. The molecule has 1 amide bonds. The number of nitrogens with one attached hydrogen (secondary N) is 1. The molecule has 1 aromatic rings. The van der Waals surface area contributed by atoms with Crippen molar-refractivity contribution in [1.82, 2.24) is 10.2 Å². The first kappa shape index (κ1) is 15.2. The van der Waals surface area contributed by atoms with Gasteiger partial charge in [0.25, 0.3) is 0 Å². The molecule has 2 aliphatic heterocycles. The number of hydrogen-bond acceptors (Lipinski definition) is 4. The second-order valence-electron chi connectivity index (χ2n) is 6.36. The summed E-state index contributed by atoms with van der Waals surface area (Å²) in [6.07, 6.45) is 2.73. The van der Waals surface area contributed by atoms with E-state index >= 15 is 0 Å². The molecule has 0 radical (unpaired) electrons. The van der Waals surface area contributed by atoms with Crippen molar-refractivity contribution in [2.45, 2.75) is 19.3 Å². The lowest BCUT2D eigenvalue weighted by Crippen LogP contribution is -2.34. The van der Waals surface area contributed by atoms with E-state index < -0.39 is 0 Å². The fourth-order valence-corrected chi connectivity index (χ4v) is 3.57. The quantitative estimate of drug-likeness (QED) is 0.915. The summed E-state index contributed by atoms with van der Waals surface area (Å²) in [5, 5.41) is 3.42. The third-order valence-corrected chi connectivity index (χ3v) is 4.93. The van der Waals surface area contributed by atoms with Gasteiger partial charge in [0, 0.05) is 25.0 Å². The van der Waals surface area contributed by atoms with Crippen molar-refractivity contribution in [3.63, 3.8) is 0 Å². The Labute approximate surface area is 131 Å². The highest BCUT2D eigenvalue weighted by Gasteiger charge is 2.41. The van der Waals surface area contributed by atoms with Gasteiger partial charge in [0.1, 0.15) is 0 Å². The van der Waals surface area contributed by atoms with Crippen LogP contribution in [-0.4, -0.2) is 51.2 Å². The van der Waals surface area contributed by atoms with E-state index in [0.29, 0.717) is 23.3 Å². The Morgan fingerprint density at radius 1 is 1.27 bits per heavy atom. The molecule has 1 N–H and O–H groups in total. The summed E-state index contributed by atoms with van der Waals surface area (Å²) in [5.41, 5.74) is 1.29. The molecule has 3 rings (SSSR count). The first-order chi connectivity index (χ1) is 10.7. The average Bonchev–Trinajstić information content (AvgIpc) is 3.17. The van der Waals surface area contributed by atoms with Gasteiger partial charge >= 0.3 is 0 Å². The summed E-state index contributed by atoms with van der Waals surface area (Å²) in [6, 6.07) is 5.68. The largest absolute Gasteiger partial charge is 0.493 e. The van der Waals surface area contributed by atoms with E-state index in [0.717, 1.165) is 38.2 Å². The van der Waals surface area contributed by atoms with Crippen molar-refractivity contribution >= 4 is 5.91 Å². The van der Waals surface area contributed by atoms with Crippen LogP contribution in [0.25, 0.3) is 0 Å². The smallest absolute Gasteiger partial charge is 0.227 e. The Bertz CT molecular complexity index is 553. The topological polar surface area (TPSA) is 50.8 Å². The number of benzene rings is 1. The molecule has 0 aromatic heterocycles. The maximum atomic E-state index is 12.5. The van der Waals surface area contributed by atoms with E-state index in [1.165, 1.54) is 6.42 Å². The lowest BCUT2D eigenvalue weighted by Gasteiger charge is -2.23. The molecular weight excluding hydrogens is 280 g/mol. The fraction of sp³-hybridized carbons (Fsp3) is 0.588. The van der Waals surface area contributed by atoms with Crippen LogP contribution in [0.15, 0.2) is 18.2 Å². The SMILES string of the molecule is COc1ccc(CC(=O)N2CCC3(CCNC3)C2)cc1OC. The van der Waals surface area contributed by atoms with Crippen LogP contribution in [0.3, 0.4) is 0 Å². The van der Waals surface area contributed by atoms with Gasteiger partial charge in [-0.25, -0.2) is 0 Å². The van der Waals surface area contributed by atoms with E-state index in [-0.39, 0.29) is 5.91 Å². The van der Waals surface area contributed by atoms with Crippen molar-refractivity contribution in [3.8, 4) is 11.5 Å². The number of carbonyl (C=O) groups excluding carboxylic acids is 1. The highest BCUT2D eigenvalue weighted by atomic mass is 16.5. The van der Waals surface area contributed by atoms with Crippen LogP contribution >= 0.6 is 0 Å². The average molecular weight is 304 g/mol. The molecule has 5 heteroatoms. The second kappa shape index (κ2) is 6.16. The lowest BCUT2D eigenvalue weighted by molar-refractivity contribution is -0.129. The van der Waals surface area contributed by atoms with Crippen molar-refractivity contribution < 1.29 is 14.3 Å². The van der Waals surface area contributed by atoms with E-state index in [4.69, 9.17) is 9.47 Å². The summed E-state index contributed by atoms with van der Waals surface area (Å²) < 4.78 is 10.5. The minimum absolute atomic E-state index is 0.205. The van der Waals surface area contributed by atoms with E-state index in [2.05, 4.69) is 5.32 Å². The van der Waals surface area contributed by atoms with Crippen LogP contribution in [0.1, 0.15) is 18.4 Å². The van der Waals surface area contributed by atoms with Crippen LogP contribution < -0.4 is 14.8 Å². The number of hydrogen-bond donors (Lipinski definition) is 1. The zero-order chi connectivity index (χ0) is 15.6. The van der Waals surface area contributed by atoms with Gasteiger partial charge in [0.15, 0.2) is 11.5 Å². The summed E-state index contributed by atoms with van der Waals surface area (Å²) in [4.78, 5) is 14.6. The second-order valence-corrected chi connectivity index (χ2v) is 6.36. The summed E-state index contributed by atoms with van der Waals surface area (Å²) in [5.74, 6) is 1.57. The molecule has 22 heavy (non-hydrogen) atoms. The molecule has 120 valence electrons. The number of nitrogens with zero attached hydrogens (tertiary/aromatic N) is 1. The fourth-order valence-electron chi connectivity index (χ4n) is 3.57.